The van der Waals surface area contributed by atoms with E-state index in [1.54, 1.807) is 12.1 Å². The number of hydrogen-bond acceptors (Lipinski definition) is 3. The number of nitro groups is 1. The van der Waals surface area contributed by atoms with Gasteiger partial charge >= 0.3 is 0 Å². The third kappa shape index (κ3) is 7.20. The van der Waals surface area contributed by atoms with Crippen molar-refractivity contribution < 1.29 is 9.72 Å². The molecule has 0 N–H and O–H groups in total. The second-order valence-electron chi connectivity index (χ2n) is 7.44. The van der Waals surface area contributed by atoms with E-state index in [0.29, 0.717) is 17.9 Å². The molecule has 1 aliphatic rings. The minimum atomic E-state index is -0.360. The first-order valence-electron chi connectivity index (χ1n) is 10.4. The van der Waals surface area contributed by atoms with Gasteiger partial charge in [-0.1, -0.05) is 69.4 Å². The maximum Gasteiger partial charge on any atom is 0.273 e. The Bertz CT molecular complexity index is 799. The maximum atomic E-state index is 12.4. The van der Waals surface area contributed by atoms with E-state index in [1.165, 1.54) is 25.3 Å². The standard InChI is InChI=1S/C24H29NO3/c1-2-3-4-5-6-7-8-12-15-24(26)22-17-16-21(23(19-22)25(27)28)18-20-13-10-9-11-14-20/h16-17,19-20H,2-4,9-15,18H2,1H3. The van der Waals surface area contributed by atoms with Crippen molar-refractivity contribution in [2.75, 3.05) is 0 Å². The van der Waals surface area contributed by atoms with Crippen LogP contribution in [0.5, 0.6) is 0 Å². The Balaban J connectivity index is 1.96. The summed E-state index contributed by atoms with van der Waals surface area (Å²) in [5, 5.41) is 11.5. The van der Waals surface area contributed by atoms with Gasteiger partial charge in [-0.05, 0) is 30.6 Å². The molecule has 1 aliphatic carbocycles. The Morgan fingerprint density at radius 3 is 2.54 bits per heavy atom. The molecule has 4 heteroatoms. The molecule has 1 saturated carbocycles. The Kier molecular flexibility index (Phi) is 9.29. The minimum absolute atomic E-state index is 0.0734. The fourth-order valence-corrected chi connectivity index (χ4v) is 3.58. The van der Waals surface area contributed by atoms with Gasteiger partial charge in [-0.3, -0.25) is 14.9 Å². The number of nitro benzene ring substituents is 1. The minimum Gasteiger partial charge on any atom is -0.294 e. The van der Waals surface area contributed by atoms with E-state index in [2.05, 4.69) is 30.6 Å². The summed E-state index contributed by atoms with van der Waals surface area (Å²) in [4.78, 5) is 23.5. The van der Waals surface area contributed by atoms with Gasteiger partial charge in [-0.15, -0.1) is 0 Å². The van der Waals surface area contributed by atoms with Crippen LogP contribution in [-0.4, -0.2) is 10.7 Å². The van der Waals surface area contributed by atoms with Crippen LogP contribution in [0.4, 0.5) is 5.69 Å². The Hall–Kier alpha value is -2.59. The van der Waals surface area contributed by atoms with Gasteiger partial charge in [0.2, 0.25) is 0 Å². The topological polar surface area (TPSA) is 60.2 Å². The molecular weight excluding hydrogens is 350 g/mol. The van der Waals surface area contributed by atoms with Crippen molar-refractivity contribution in [1.82, 2.24) is 0 Å². The maximum absolute atomic E-state index is 12.4. The summed E-state index contributed by atoms with van der Waals surface area (Å²) in [5.74, 6) is 11.8. The third-order valence-corrected chi connectivity index (χ3v) is 5.21. The van der Waals surface area contributed by atoms with E-state index in [9.17, 15) is 14.9 Å². The second kappa shape index (κ2) is 12.0. The van der Waals surface area contributed by atoms with Gasteiger partial charge in [0.15, 0.2) is 5.78 Å². The summed E-state index contributed by atoms with van der Waals surface area (Å²) in [6, 6.07) is 4.94. The molecular formula is C24H29NO3. The lowest BCUT2D eigenvalue weighted by atomic mass is 9.84. The van der Waals surface area contributed by atoms with Crippen molar-refractivity contribution in [2.45, 2.75) is 77.6 Å². The highest BCUT2D eigenvalue weighted by Crippen LogP contribution is 2.30. The van der Waals surface area contributed by atoms with Crippen molar-refractivity contribution in [3.05, 3.63) is 39.4 Å². The molecule has 0 heterocycles. The highest BCUT2D eigenvalue weighted by Gasteiger charge is 2.21. The van der Waals surface area contributed by atoms with Crippen molar-refractivity contribution in [2.24, 2.45) is 5.92 Å². The average molecular weight is 380 g/mol. The van der Waals surface area contributed by atoms with Gasteiger partial charge in [0.1, 0.15) is 0 Å². The number of nitrogens with zero attached hydrogens (tertiary/aromatic N) is 1. The van der Waals surface area contributed by atoms with Crippen molar-refractivity contribution in [3.8, 4) is 23.7 Å². The first-order valence-corrected chi connectivity index (χ1v) is 10.4. The van der Waals surface area contributed by atoms with Crippen molar-refractivity contribution in [3.63, 3.8) is 0 Å². The van der Waals surface area contributed by atoms with Gasteiger partial charge < -0.3 is 0 Å². The van der Waals surface area contributed by atoms with E-state index >= 15 is 0 Å². The molecule has 28 heavy (non-hydrogen) atoms. The molecule has 0 saturated heterocycles. The summed E-state index contributed by atoms with van der Waals surface area (Å²) in [6.07, 6.45) is 10.4. The number of rotatable bonds is 8. The lowest BCUT2D eigenvalue weighted by Gasteiger charge is -2.21. The molecule has 4 nitrogen and oxygen atoms in total. The summed E-state index contributed by atoms with van der Waals surface area (Å²) in [7, 11) is 0. The predicted octanol–water partition coefficient (Wildman–Crippen LogP) is 5.88. The number of unbranched alkanes of at least 4 members (excludes halogenated alkanes) is 2. The second-order valence-corrected chi connectivity index (χ2v) is 7.44. The van der Waals surface area contributed by atoms with E-state index in [-0.39, 0.29) is 22.8 Å². The predicted molar refractivity (Wildman–Crippen MR) is 112 cm³/mol. The van der Waals surface area contributed by atoms with Gasteiger partial charge in [0, 0.05) is 36.5 Å². The zero-order valence-corrected chi connectivity index (χ0v) is 16.8. The zero-order valence-electron chi connectivity index (χ0n) is 16.8. The lowest BCUT2D eigenvalue weighted by molar-refractivity contribution is -0.385. The fourth-order valence-electron chi connectivity index (χ4n) is 3.58. The Labute approximate surface area is 168 Å². The first kappa shape index (κ1) is 21.7. The van der Waals surface area contributed by atoms with Crippen LogP contribution < -0.4 is 0 Å². The summed E-state index contributed by atoms with van der Waals surface area (Å²) >= 11 is 0. The Morgan fingerprint density at radius 1 is 1.14 bits per heavy atom. The number of benzene rings is 1. The monoisotopic (exact) mass is 379 g/mol. The highest BCUT2D eigenvalue weighted by atomic mass is 16.6. The van der Waals surface area contributed by atoms with Crippen LogP contribution in [0.2, 0.25) is 0 Å². The molecule has 1 fully saturated rings. The number of carbonyl (C=O) groups excluding carboxylic acids is 1. The molecule has 0 atom stereocenters. The van der Waals surface area contributed by atoms with E-state index < -0.39 is 0 Å². The number of ketones is 1. The third-order valence-electron chi connectivity index (χ3n) is 5.21. The van der Waals surface area contributed by atoms with E-state index in [4.69, 9.17) is 0 Å². The van der Waals surface area contributed by atoms with Crippen LogP contribution in [0.3, 0.4) is 0 Å². The van der Waals surface area contributed by atoms with Crippen LogP contribution in [0, 0.1) is 39.7 Å². The summed E-state index contributed by atoms with van der Waals surface area (Å²) < 4.78 is 0. The van der Waals surface area contributed by atoms with Crippen molar-refractivity contribution in [1.29, 1.82) is 0 Å². The SMILES string of the molecule is CCCCC#CC#CCCC(=O)c1ccc(CC2CCCCC2)c([N+](=O)[O-])c1. The summed E-state index contributed by atoms with van der Waals surface area (Å²) in [6.45, 7) is 2.12. The molecule has 0 spiro atoms. The quantitative estimate of drug-likeness (QED) is 0.186. The fraction of sp³-hybridized carbons (Fsp3) is 0.542. The zero-order chi connectivity index (χ0) is 20.2. The molecule has 148 valence electrons. The van der Waals surface area contributed by atoms with Crippen molar-refractivity contribution >= 4 is 11.5 Å². The molecule has 0 unspecified atom stereocenters. The largest absolute Gasteiger partial charge is 0.294 e. The van der Waals surface area contributed by atoms with Gasteiger partial charge in [-0.25, -0.2) is 0 Å². The van der Waals surface area contributed by atoms with E-state index in [1.807, 2.05) is 0 Å². The summed E-state index contributed by atoms with van der Waals surface area (Å²) in [5.41, 5.74) is 1.22. The normalized spacial score (nSPS) is 13.8. The average Bonchev–Trinajstić information content (AvgIpc) is 2.70. The highest BCUT2D eigenvalue weighted by molar-refractivity contribution is 5.96. The molecule has 0 aliphatic heterocycles. The van der Waals surface area contributed by atoms with Crippen LogP contribution in [-0.2, 0) is 6.42 Å². The lowest BCUT2D eigenvalue weighted by Crippen LogP contribution is -2.11. The Morgan fingerprint density at radius 2 is 1.86 bits per heavy atom. The molecule has 2 rings (SSSR count). The van der Waals surface area contributed by atoms with Gasteiger partial charge in [0.25, 0.3) is 5.69 Å². The smallest absolute Gasteiger partial charge is 0.273 e. The van der Waals surface area contributed by atoms with Gasteiger partial charge in [0.05, 0.1) is 4.92 Å². The molecule has 0 aromatic heterocycles. The molecule has 1 aromatic rings. The molecule has 0 amide bonds. The first-order chi connectivity index (χ1) is 13.6. The molecule has 0 bridgehead atoms. The van der Waals surface area contributed by atoms with Gasteiger partial charge in [-0.2, -0.15) is 0 Å². The molecule has 0 radical (unpaired) electrons. The van der Waals surface area contributed by atoms with Crippen LogP contribution in [0.15, 0.2) is 18.2 Å². The number of Topliss-reactive ketones (excluding diaryl/α,β-unsaturated/α-hetero) is 1. The number of carbonyl (C=O) groups is 1. The van der Waals surface area contributed by atoms with E-state index in [0.717, 1.165) is 44.1 Å². The van der Waals surface area contributed by atoms with Crippen LogP contribution >= 0.6 is 0 Å². The van der Waals surface area contributed by atoms with Crippen LogP contribution in [0.25, 0.3) is 0 Å². The van der Waals surface area contributed by atoms with Crippen LogP contribution in [0.1, 0.15) is 87.1 Å². The molecule has 1 aromatic carbocycles. The number of hydrogen-bond donors (Lipinski definition) is 0.